The minimum absolute atomic E-state index is 0.129. The van der Waals surface area contributed by atoms with Crippen molar-refractivity contribution in [1.29, 1.82) is 0 Å². The van der Waals surface area contributed by atoms with Crippen LogP contribution in [-0.2, 0) is 0 Å². The van der Waals surface area contributed by atoms with E-state index in [0.29, 0.717) is 6.04 Å². The Morgan fingerprint density at radius 1 is 1.36 bits per heavy atom. The summed E-state index contributed by atoms with van der Waals surface area (Å²) in [6.45, 7) is 4.35. The number of aliphatic hydroxyl groups is 1. The molecule has 0 bridgehead atoms. The molecule has 2 unspecified atom stereocenters. The highest BCUT2D eigenvalue weighted by atomic mass is 32.2. The quantitative estimate of drug-likeness (QED) is 0.755. The SMILES string of the molecule is CSC1CCCCC1NC(C)(C)CO. The number of thioether (sulfide) groups is 1. The van der Waals surface area contributed by atoms with Crippen molar-refractivity contribution in [1.82, 2.24) is 5.32 Å². The molecule has 0 saturated heterocycles. The van der Waals surface area contributed by atoms with Gasteiger partial charge >= 0.3 is 0 Å². The summed E-state index contributed by atoms with van der Waals surface area (Å²) in [5.74, 6) is 0. The second-order valence-electron chi connectivity index (χ2n) is 4.85. The number of aliphatic hydroxyl groups excluding tert-OH is 1. The van der Waals surface area contributed by atoms with E-state index >= 15 is 0 Å². The van der Waals surface area contributed by atoms with Crippen LogP contribution in [0.15, 0.2) is 0 Å². The highest BCUT2D eigenvalue weighted by Crippen LogP contribution is 2.28. The number of hydrogen-bond acceptors (Lipinski definition) is 3. The molecular weight excluding hydrogens is 194 g/mol. The first-order chi connectivity index (χ1) is 6.59. The topological polar surface area (TPSA) is 32.3 Å². The molecule has 0 spiro atoms. The first kappa shape index (κ1) is 12.3. The molecule has 0 heterocycles. The molecule has 3 heteroatoms. The Morgan fingerprint density at radius 2 is 2.00 bits per heavy atom. The van der Waals surface area contributed by atoms with E-state index < -0.39 is 0 Å². The van der Waals surface area contributed by atoms with Gasteiger partial charge in [0, 0.05) is 16.8 Å². The van der Waals surface area contributed by atoms with Crippen molar-refractivity contribution in [3.8, 4) is 0 Å². The lowest BCUT2D eigenvalue weighted by atomic mass is 9.92. The minimum atomic E-state index is -0.129. The van der Waals surface area contributed by atoms with Crippen molar-refractivity contribution in [3.05, 3.63) is 0 Å². The van der Waals surface area contributed by atoms with Gasteiger partial charge in [-0.15, -0.1) is 0 Å². The van der Waals surface area contributed by atoms with E-state index in [1.165, 1.54) is 25.7 Å². The van der Waals surface area contributed by atoms with E-state index in [4.69, 9.17) is 0 Å². The lowest BCUT2D eigenvalue weighted by Crippen LogP contribution is -2.53. The average molecular weight is 217 g/mol. The van der Waals surface area contributed by atoms with Gasteiger partial charge in [0.2, 0.25) is 0 Å². The molecule has 84 valence electrons. The Kier molecular flexibility index (Phi) is 4.74. The van der Waals surface area contributed by atoms with Gasteiger partial charge in [-0.25, -0.2) is 0 Å². The maximum atomic E-state index is 9.21. The molecule has 0 aromatic heterocycles. The van der Waals surface area contributed by atoms with Crippen molar-refractivity contribution in [2.75, 3.05) is 12.9 Å². The predicted molar refractivity (Wildman–Crippen MR) is 63.9 cm³/mol. The van der Waals surface area contributed by atoms with Gasteiger partial charge < -0.3 is 10.4 Å². The minimum Gasteiger partial charge on any atom is -0.394 e. The summed E-state index contributed by atoms with van der Waals surface area (Å²) in [7, 11) is 0. The van der Waals surface area contributed by atoms with Crippen LogP contribution < -0.4 is 5.32 Å². The monoisotopic (exact) mass is 217 g/mol. The second-order valence-corrected chi connectivity index (χ2v) is 5.93. The molecule has 1 saturated carbocycles. The lowest BCUT2D eigenvalue weighted by molar-refractivity contribution is 0.166. The fraction of sp³-hybridized carbons (Fsp3) is 1.00. The van der Waals surface area contributed by atoms with Crippen LogP contribution in [0.1, 0.15) is 39.5 Å². The first-order valence-corrected chi connectivity index (χ1v) is 6.79. The van der Waals surface area contributed by atoms with Crippen LogP contribution in [0.2, 0.25) is 0 Å². The largest absolute Gasteiger partial charge is 0.394 e. The zero-order valence-electron chi connectivity index (χ0n) is 9.55. The van der Waals surface area contributed by atoms with E-state index in [-0.39, 0.29) is 12.1 Å². The summed E-state index contributed by atoms with van der Waals surface area (Å²) in [4.78, 5) is 0. The van der Waals surface area contributed by atoms with Gasteiger partial charge in [-0.2, -0.15) is 11.8 Å². The maximum Gasteiger partial charge on any atom is 0.0607 e. The van der Waals surface area contributed by atoms with E-state index in [2.05, 4.69) is 25.4 Å². The Hall–Kier alpha value is 0.270. The Morgan fingerprint density at radius 3 is 2.57 bits per heavy atom. The summed E-state index contributed by atoms with van der Waals surface area (Å²) in [5.41, 5.74) is -0.129. The summed E-state index contributed by atoms with van der Waals surface area (Å²) >= 11 is 1.96. The van der Waals surface area contributed by atoms with Gasteiger partial charge in [-0.05, 0) is 32.9 Å². The molecule has 0 amide bonds. The fourth-order valence-electron chi connectivity index (χ4n) is 2.09. The maximum absolute atomic E-state index is 9.21. The molecule has 0 aromatic rings. The summed E-state index contributed by atoms with van der Waals surface area (Å²) in [6.07, 6.45) is 7.46. The predicted octanol–water partition coefficient (Wildman–Crippen LogP) is 2.02. The van der Waals surface area contributed by atoms with Crippen molar-refractivity contribution in [2.24, 2.45) is 0 Å². The van der Waals surface area contributed by atoms with E-state index in [0.717, 1.165) is 5.25 Å². The molecule has 0 aromatic carbocycles. The third kappa shape index (κ3) is 3.44. The molecule has 0 radical (unpaired) electrons. The standard InChI is InChI=1S/C11H23NOS/c1-11(2,8-13)12-9-6-4-5-7-10(9)14-3/h9-10,12-13H,4-8H2,1-3H3. The smallest absolute Gasteiger partial charge is 0.0607 e. The summed E-state index contributed by atoms with van der Waals surface area (Å²) in [6, 6.07) is 0.584. The van der Waals surface area contributed by atoms with Crippen molar-refractivity contribution >= 4 is 11.8 Å². The molecule has 2 N–H and O–H groups in total. The van der Waals surface area contributed by atoms with Gasteiger partial charge in [0.1, 0.15) is 0 Å². The zero-order valence-corrected chi connectivity index (χ0v) is 10.4. The van der Waals surface area contributed by atoms with Gasteiger partial charge in [0.05, 0.1) is 6.61 Å². The molecular formula is C11H23NOS. The van der Waals surface area contributed by atoms with Crippen molar-refractivity contribution in [3.63, 3.8) is 0 Å². The average Bonchev–Trinajstić information content (AvgIpc) is 2.18. The van der Waals surface area contributed by atoms with E-state index in [9.17, 15) is 5.11 Å². The van der Waals surface area contributed by atoms with Crippen LogP contribution in [0, 0.1) is 0 Å². The van der Waals surface area contributed by atoms with Crippen LogP contribution in [0.3, 0.4) is 0 Å². The van der Waals surface area contributed by atoms with Gasteiger partial charge in [-0.1, -0.05) is 12.8 Å². The Bertz CT molecular complexity index is 173. The Labute approximate surface area is 91.9 Å². The van der Waals surface area contributed by atoms with Gasteiger partial charge in [0.25, 0.3) is 0 Å². The van der Waals surface area contributed by atoms with Crippen molar-refractivity contribution in [2.45, 2.75) is 56.4 Å². The van der Waals surface area contributed by atoms with Crippen LogP contribution in [0.25, 0.3) is 0 Å². The van der Waals surface area contributed by atoms with Gasteiger partial charge in [-0.3, -0.25) is 0 Å². The molecule has 0 aliphatic heterocycles. The molecule has 2 atom stereocenters. The number of hydrogen-bond donors (Lipinski definition) is 2. The van der Waals surface area contributed by atoms with E-state index in [1.54, 1.807) is 0 Å². The van der Waals surface area contributed by atoms with Crippen molar-refractivity contribution < 1.29 is 5.11 Å². The highest BCUT2D eigenvalue weighted by molar-refractivity contribution is 7.99. The summed E-state index contributed by atoms with van der Waals surface area (Å²) < 4.78 is 0. The third-order valence-electron chi connectivity index (χ3n) is 2.98. The molecule has 1 aliphatic carbocycles. The third-order valence-corrected chi connectivity index (χ3v) is 4.15. The zero-order chi connectivity index (χ0) is 10.6. The molecule has 14 heavy (non-hydrogen) atoms. The van der Waals surface area contributed by atoms with Crippen LogP contribution in [0.4, 0.5) is 0 Å². The number of rotatable bonds is 4. The van der Waals surface area contributed by atoms with Crippen LogP contribution >= 0.6 is 11.8 Å². The van der Waals surface area contributed by atoms with Gasteiger partial charge in [0.15, 0.2) is 0 Å². The lowest BCUT2D eigenvalue weighted by Gasteiger charge is -2.37. The van der Waals surface area contributed by atoms with E-state index in [1.807, 2.05) is 11.8 Å². The molecule has 1 rings (SSSR count). The molecule has 1 aliphatic rings. The normalized spacial score (nSPS) is 29.1. The summed E-state index contributed by atoms with van der Waals surface area (Å²) in [5, 5.41) is 13.5. The first-order valence-electron chi connectivity index (χ1n) is 5.50. The highest BCUT2D eigenvalue weighted by Gasteiger charge is 2.28. The second kappa shape index (κ2) is 5.38. The van der Waals surface area contributed by atoms with Crippen LogP contribution in [-0.4, -0.2) is 34.8 Å². The molecule has 1 fully saturated rings. The Balaban J connectivity index is 2.48. The van der Waals surface area contributed by atoms with Crippen LogP contribution in [0.5, 0.6) is 0 Å². The molecule has 2 nitrogen and oxygen atoms in total. The number of nitrogens with one attached hydrogen (secondary N) is 1. The fourth-order valence-corrected chi connectivity index (χ4v) is 3.03.